The molecule has 0 aromatic carbocycles. The third-order valence-electron chi connectivity index (χ3n) is 2.06. The molecule has 0 aliphatic rings. The molecule has 2 heterocycles. The van der Waals surface area contributed by atoms with E-state index in [2.05, 4.69) is 43.5 Å². The normalized spacial score (nSPS) is 10.2. The summed E-state index contributed by atoms with van der Waals surface area (Å²) in [5, 5.41) is 10.5. The van der Waals surface area contributed by atoms with Gasteiger partial charge in [-0.05, 0) is 33.8 Å². The van der Waals surface area contributed by atoms with Crippen molar-refractivity contribution in [3.63, 3.8) is 0 Å². The van der Waals surface area contributed by atoms with Crippen LogP contribution in [0.5, 0.6) is 0 Å². The van der Waals surface area contributed by atoms with Gasteiger partial charge in [-0.2, -0.15) is 16.3 Å². The Bertz CT molecular complexity index is 472. The second-order valence-electron chi connectivity index (χ2n) is 3.45. The number of nitrogens with one attached hydrogen (secondary N) is 2. The lowest BCUT2D eigenvalue weighted by molar-refractivity contribution is 0.952. The van der Waals surface area contributed by atoms with Crippen LogP contribution in [0.15, 0.2) is 27.5 Å². The molecular formula is C11H13BrN4S. The van der Waals surface area contributed by atoms with E-state index in [1.54, 1.807) is 17.5 Å². The molecule has 2 N–H and O–H groups in total. The first kappa shape index (κ1) is 12.3. The maximum atomic E-state index is 4.41. The lowest BCUT2D eigenvalue weighted by atomic mass is 10.5. The molecule has 2 aromatic heterocycles. The first-order chi connectivity index (χ1) is 8.29. The Balaban J connectivity index is 2.14. The van der Waals surface area contributed by atoms with E-state index in [1.807, 2.05) is 16.8 Å². The molecule has 90 valence electrons. The maximum Gasteiger partial charge on any atom is 0.224 e. The van der Waals surface area contributed by atoms with Crippen LogP contribution in [-0.4, -0.2) is 16.5 Å². The third-order valence-corrected chi connectivity index (χ3v) is 3.32. The van der Waals surface area contributed by atoms with E-state index in [-0.39, 0.29) is 0 Å². The summed E-state index contributed by atoms with van der Waals surface area (Å²) in [4.78, 5) is 8.61. The minimum Gasteiger partial charge on any atom is -0.354 e. The molecule has 2 rings (SSSR count). The van der Waals surface area contributed by atoms with Gasteiger partial charge < -0.3 is 10.6 Å². The molecule has 0 aliphatic carbocycles. The van der Waals surface area contributed by atoms with E-state index in [4.69, 9.17) is 0 Å². The molecule has 0 radical (unpaired) electrons. The summed E-state index contributed by atoms with van der Waals surface area (Å²) in [5.74, 6) is 1.42. The van der Waals surface area contributed by atoms with Crippen molar-refractivity contribution < 1.29 is 0 Å². The number of thiophene rings is 1. The Morgan fingerprint density at radius 3 is 3.06 bits per heavy atom. The lowest BCUT2D eigenvalue weighted by Gasteiger charge is -2.08. The largest absolute Gasteiger partial charge is 0.354 e. The first-order valence-electron chi connectivity index (χ1n) is 5.35. The van der Waals surface area contributed by atoms with Gasteiger partial charge in [-0.25, -0.2) is 4.98 Å². The van der Waals surface area contributed by atoms with Gasteiger partial charge in [0.1, 0.15) is 5.82 Å². The fourth-order valence-corrected chi connectivity index (χ4v) is 2.13. The van der Waals surface area contributed by atoms with Crippen molar-refractivity contribution >= 4 is 44.7 Å². The zero-order valence-electron chi connectivity index (χ0n) is 9.40. The van der Waals surface area contributed by atoms with E-state index >= 15 is 0 Å². The summed E-state index contributed by atoms with van der Waals surface area (Å²) in [6.07, 6.45) is 2.80. The van der Waals surface area contributed by atoms with Gasteiger partial charge >= 0.3 is 0 Å². The molecule has 0 bridgehead atoms. The van der Waals surface area contributed by atoms with Crippen LogP contribution in [0.25, 0.3) is 0 Å². The highest BCUT2D eigenvalue weighted by Crippen LogP contribution is 2.25. The maximum absolute atomic E-state index is 4.41. The third kappa shape index (κ3) is 3.41. The number of anilines is 3. The van der Waals surface area contributed by atoms with Gasteiger partial charge in [-0.3, -0.25) is 0 Å². The standard InChI is InChI=1S/C11H13BrN4S/c1-2-4-13-11-14-6-9(12)10(16-11)15-8-3-5-17-7-8/h3,5-7H,2,4H2,1H3,(H2,13,14,15,16). The first-order valence-corrected chi connectivity index (χ1v) is 7.09. The zero-order valence-corrected chi connectivity index (χ0v) is 11.8. The van der Waals surface area contributed by atoms with Crippen LogP contribution in [0.1, 0.15) is 13.3 Å². The molecule has 4 nitrogen and oxygen atoms in total. The van der Waals surface area contributed by atoms with Crippen LogP contribution in [0.2, 0.25) is 0 Å². The summed E-state index contributed by atoms with van der Waals surface area (Å²) >= 11 is 5.08. The number of aromatic nitrogens is 2. The highest BCUT2D eigenvalue weighted by Gasteiger charge is 2.05. The summed E-state index contributed by atoms with van der Waals surface area (Å²) in [6.45, 7) is 2.98. The average Bonchev–Trinajstić information content (AvgIpc) is 2.83. The molecular weight excluding hydrogens is 300 g/mol. The lowest BCUT2D eigenvalue weighted by Crippen LogP contribution is -2.05. The summed E-state index contributed by atoms with van der Waals surface area (Å²) in [6, 6.07) is 2.01. The highest BCUT2D eigenvalue weighted by atomic mass is 79.9. The summed E-state index contributed by atoms with van der Waals surface area (Å²) in [7, 11) is 0. The monoisotopic (exact) mass is 312 g/mol. The van der Waals surface area contributed by atoms with Crippen LogP contribution >= 0.6 is 27.3 Å². The average molecular weight is 313 g/mol. The molecule has 0 saturated heterocycles. The molecule has 0 spiro atoms. The molecule has 0 saturated carbocycles. The summed E-state index contributed by atoms with van der Waals surface area (Å²) < 4.78 is 0.853. The molecule has 0 unspecified atom stereocenters. The number of rotatable bonds is 5. The summed E-state index contributed by atoms with van der Waals surface area (Å²) in [5.41, 5.74) is 1.04. The molecule has 2 aromatic rings. The van der Waals surface area contributed by atoms with Crippen molar-refractivity contribution in [2.75, 3.05) is 17.2 Å². The van der Waals surface area contributed by atoms with E-state index in [1.165, 1.54) is 0 Å². The fourth-order valence-electron chi connectivity index (χ4n) is 1.25. The van der Waals surface area contributed by atoms with Gasteiger partial charge in [0, 0.05) is 18.1 Å². The van der Waals surface area contributed by atoms with Crippen molar-refractivity contribution in [3.05, 3.63) is 27.5 Å². The van der Waals surface area contributed by atoms with Crippen LogP contribution in [0.3, 0.4) is 0 Å². The SMILES string of the molecule is CCCNc1ncc(Br)c(Nc2ccsc2)n1. The van der Waals surface area contributed by atoms with Gasteiger partial charge in [0.15, 0.2) is 0 Å². The van der Waals surface area contributed by atoms with Crippen molar-refractivity contribution in [1.29, 1.82) is 0 Å². The molecule has 0 fully saturated rings. The van der Waals surface area contributed by atoms with E-state index in [0.717, 1.165) is 28.9 Å². The van der Waals surface area contributed by atoms with E-state index in [0.29, 0.717) is 5.95 Å². The van der Waals surface area contributed by atoms with Gasteiger partial charge in [0.25, 0.3) is 0 Å². The second kappa shape index (κ2) is 5.97. The number of halogens is 1. The Morgan fingerprint density at radius 2 is 2.35 bits per heavy atom. The van der Waals surface area contributed by atoms with Gasteiger partial charge in [-0.15, -0.1) is 0 Å². The Morgan fingerprint density at radius 1 is 1.47 bits per heavy atom. The topological polar surface area (TPSA) is 49.8 Å². The molecule has 6 heteroatoms. The number of nitrogens with zero attached hydrogens (tertiary/aromatic N) is 2. The van der Waals surface area contributed by atoms with Crippen LogP contribution < -0.4 is 10.6 Å². The van der Waals surface area contributed by atoms with Gasteiger partial charge in [0.05, 0.1) is 10.2 Å². The number of hydrogen-bond donors (Lipinski definition) is 2. The van der Waals surface area contributed by atoms with E-state index in [9.17, 15) is 0 Å². The van der Waals surface area contributed by atoms with Gasteiger partial charge in [0.2, 0.25) is 5.95 Å². The predicted molar refractivity (Wildman–Crippen MR) is 76.1 cm³/mol. The Hall–Kier alpha value is -1.14. The van der Waals surface area contributed by atoms with Crippen molar-refractivity contribution in [1.82, 2.24) is 9.97 Å². The predicted octanol–water partition coefficient (Wildman–Crippen LogP) is 3.87. The second-order valence-corrected chi connectivity index (χ2v) is 5.09. The molecule has 17 heavy (non-hydrogen) atoms. The van der Waals surface area contributed by atoms with Crippen LogP contribution in [0, 0.1) is 0 Å². The highest BCUT2D eigenvalue weighted by molar-refractivity contribution is 9.10. The molecule has 0 amide bonds. The van der Waals surface area contributed by atoms with Gasteiger partial charge in [-0.1, -0.05) is 6.92 Å². The Kier molecular flexibility index (Phi) is 4.33. The fraction of sp³-hybridized carbons (Fsp3) is 0.273. The smallest absolute Gasteiger partial charge is 0.224 e. The minimum absolute atomic E-state index is 0.646. The zero-order chi connectivity index (χ0) is 12.1. The number of hydrogen-bond acceptors (Lipinski definition) is 5. The van der Waals surface area contributed by atoms with Crippen molar-refractivity contribution in [2.45, 2.75) is 13.3 Å². The Labute approximate surface area is 113 Å². The van der Waals surface area contributed by atoms with Crippen LogP contribution in [0.4, 0.5) is 17.5 Å². The van der Waals surface area contributed by atoms with Crippen molar-refractivity contribution in [2.24, 2.45) is 0 Å². The quantitative estimate of drug-likeness (QED) is 0.880. The van der Waals surface area contributed by atoms with Crippen LogP contribution in [-0.2, 0) is 0 Å². The molecule has 0 atom stereocenters. The van der Waals surface area contributed by atoms with E-state index < -0.39 is 0 Å². The van der Waals surface area contributed by atoms with Crippen molar-refractivity contribution in [3.8, 4) is 0 Å². The molecule has 0 aliphatic heterocycles. The minimum atomic E-state index is 0.646.